The van der Waals surface area contributed by atoms with E-state index < -0.39 is 17.7 Å². The number of hydrogen-bond donors (Lipinski definition) is 2. The number of carboxylic acid groups (broad SMARTS) is 1. The van der Waals surface area contributed by atoms with E-state index in [1.165, 1.54) is 20.1 Å². The summed E-state index contributed by atoms with van der Waals surface area (Å²) in [5.74, 6) is -0.0377. The van der Waals surface area contributed by atoms with Gasteiger partial charge >= 0.3 is 6.09 Å². The molecule has 1 aromatic carbocycles. The zero-order chi connectivity index (χ0) is 18.8. The number of halogens is 1. The zero-order valence-electron chi connectivity index (χ0n) is 14.8. The SMILES string of the molecule is COc1c(C(C)=O)cc(Cl)c(C)c1C(O)CN(C(=O)O)C(C)(C)C. The number of nitrogens with zero attached hydrogens (tertiary/aromatic N) is 1. The summed E-state index contributed by atoms with van der Waals surface area (Å²) in [7, 11) is 1.39. The number of ether oxygens (including phenoxy) is 1. The Balaban J connectivity index is 3.44. The second kappa shape index (κ2) is 7.40. The Kier molecular flexibility index (Phi) is 6.25. The lowest BCUT2D eigenvalue weighted by Gasteiger charge is -2.35. The first-order valence-corrected chi connectivity index (χ1v) is 7.86. The van der Waals surface area contributed by atoms with E-state index in [1.54, 1.807) is 27.7 Å². The summed E-state index contributed by atoms with van der Waals surface area (Å²) >= 11 is 6.18. The van der Waals surface area contributed by atoms with E-state index in [4.69, 9.17) is 16.3 Å². The lowest BCUT2D eigenvalue weighted by Crippen LogP contribution is -2.47. The molecular formula is C17H24ClNO5. The van der Waals surface area contributed by atoms with Gasteiger partial charge < -0.3 is 19.8 Å². The highest BCUT2D eigenvalue weighted by molar-refractivity contribution is 6.32. The molecule has 0 aliphatic carbocycles. The molecule has 0 radical (unpaired) electrons. The van der Waals surface area contributed by atoms with Crippen LogP contribution in [0.15, 0.2) is 6.07 Å². The summed E-state index contributed by atoms with van der Waals surface area (Å²) in [4.78, 5) is 24.5. The summed E-state index contributed by atoms with van der Waals surface area (Å²) in [5, 5.41) is 20.4. The van der Waals surface area contributed by atoms with E-state index in [9.17, 15) is 19.8 Å². The maximum absolute atomic E-state index is 11.8. The highest BCUT2D eigenvalue weighted by Gasteiger charge is 2.31. The van der Waals surface area contributed by atoms with Crippen molar-refractivity contribution in [1.82, 2.24) is 4.90 Å². The third kappa shape index (κ3) is 4.19. The van der Waals surface area contributed by atoms with Gasteiger partial charge in [-0.05, 0) is 46.2 Å². The van der Waals surface area contributed by atoms with E-state index in [0.717, 1.165) is 4.90 Å². The van der Waals surface area contributed by atoms with Gasteiger partial charge in [0.2, 0.25) is 0 Å². The molecule has 1 rings (SSSR count). The number of hydrogen-bond acceptors (Lipinski definition) is 4. The molecule has 1 atom stereocenters. The first-order valence-electron chi connectivity index (χ1n) is 7.48. The predicted molar refractivity (Wildman–Crippen MR) is 92.2 cm³/mol. The average molecular weight is 358 g/mol. The zero-order valence-corrected chi connectivity index (χ0v) is 15.6. The molecule has 0 saturated carbocycles. The monoisotopic (exact) mass is 357 g/mol. The number of Topliss-reactive ketones (excluding diaryl/α,β-unsaturated/α-hetero) is 1. The van der Waals surface area contributed by atoms with Crippen LogP contribution in [0.2, 0.25) is 5.02 Å². The minimum Gasteiger partial charge on any atom is -0.496 e. The average Bonchev–Trinajstić information content (AvgIpc) is 2.44. The molecule has 0 aliphatic heterocycles. The summed E-state index contributed by atoms with van der Waals surface area (Å²) in [6.45, 7) is 8.09. The lowest BCUT2D eigenvalue weighted by molar-refractivity contribution is 0.0544. The Labute approximate surface area is 147 Å². The first-order chi connectivity index (χ1) is 10.9. The number of rotatable bonds is 5. The maximum atomic E-state index is 11.8. The number of amides is 1. The Hall–Kier alpha value is -1.79. The van der Waals surface area contributed by atoms with Crippen molar-refractivity contribution in [3.05, 3.63) is 27.8 Å². The molecular weight excluding hydrogens is 334 g/mol. The summed E-state index contributed by atoms with van der Waals surface area (Å²) in [5.41, 5.74) is 0.423. The lowest BCUT2D eigenvalue weighted by atomic mass is 9.95. The van der Waals surface area contributed by atoms with E-state index in [0.29, 0.717) is 16.1 Å². The van der Waals surface area contributed by atoms with Crippen LogP contribution in [0.1, 0.15) is 55.3 Å². The smallest absolute Gasteiger partial charge is 0.407 e. The molecule has 1 amide bonds. The molecule has 2 N–H and O–H groups in total. The van der Waals surface area contributed by atoms with E-state index in [2.05, 4.69) is 0 Å². The van der Waals surface area contributed by atoms with Crippen molar-refractivity contribution in [2.45, 2.75) is 46.3 Å². The number of carbonyl (C=O) groups is 2. The third-order valence-corrected chi connectivity index (χ3v) is 4.23. The van der Waals surface area contributed by atoms with Crippen LogP contribution in [0.5, 0.6) is 5.75 Å². The van der Waals surface area contributed by atoms with Gasteiger partial charge in [0.25, 0.3) is 0 Å². The standard InChI is InChI=1S/C17H24ClNO5/c1-9-12(18)7-11(10(2)20)15(24-6)14(9)13(21)8-19(16(22)23)17(3,4)5/h7,13,21H,8H2,1-6H3,(H,22,23). The molecule has 0 heterocycles. The van der Waals surface area contributed by atoms with Crippen LogP contribution in [-0.4, -0.2) is 46.2 Å². The van der Waals surface area contributed by atoms with Gasteiger partial charge in [0.1, 0.15) is 11.9 Å². The van der Waals surface area contributed by atoms with Crippen LogP contribution in [0, 0.1) is 6.92 Å². The number of benzene rings is 1. The van der Waals surface area contributed by atoms with Gasteiger partial charge in [-0.1, -0.05) is 11.6 Å². The van der Waals surface area contributed by atoms with Gasteiger partial charge in [0.15, 0.2) is 5.78 Å². The van der Waals surface area contributed by atoms with Crippen molar-refractivity contribution < 1.29 is 24.5 Å². The number of aliphatic hydroxyl groups is 1. The molecule has 0 spiro atoms. The van der Waals surface area contributed by atoms with Gasteiger partial charge in [-0.2, -0.15) is 0 Å². The highest BCUT2D eigenvalue weighted by Crippen LogP contribution is 2.37. The maximum Gasteiger partial charge on any atom is 0.407 e. The van der Waals surface area contributed by atoms with Crippen LogP contribution in [-0.2, 0) is 0 Å². The molecule has 0 fully saturated rings. The molecule has 1 unspecified atom stereocenters. The topological polar surface area (TPSA) is 87.1 Å². The summed E-state index contributed by atoms with van der Waals surface area (Å²) in [6, 6.07) is 1.49. The second-order valence-electron chi connectivity index (χ2n) is 6.61. The number of methoxy groups -OCH3 is 1. The molecule has 24 heavy (non-hydrogen) atoms. The fourth-order valence-electron chi connectivity index (χ4n) is 2.53. The third-order valence-electron chi connectivity index (χ3n) is 3.84. The quantitative estimate of drug-likeness (QED) is 0.785. The minimum absolute atomic E-state index is 0.173. The fourth-order valence-corrected chi connectivity index (χ4v) is 2.74. The van der Waals surface area contributed by atoms with Crippen LogP contribution in [0.25, 0.3) is 0 Å². The van der Waals surface area contributed by atoms with Crippen molar-refractivity contribution >= 4 is 23.5 Å². The van der Waals surface area contributed by atoms with Gasteiger partial charge in [0.05, 0.1) is 19.2 Å². The van der Waals surface area contributed by atoms with Crippen molar-refractivity contribution in [1.29, 1.82) is 0 Å². The van der Waals surface area contributed by atoms with Crippen molar-refractivity contribution in [3.63, 3.8) is 0 Å². The summed E-state index contributed by atoms with van der Waals surface area (Å²) < 4.78 is 5.32. The van der Waals surface area contributed by atoms with Crippen LogP contribution < -0.4 is 4.74 Å². The number of β-amino-alcohol motifs (C(OH)–C–C–N with tert-alkyl or cyclic N) is 1. The molecule has 6 nitrogen and oxygen atoms in total. The second-order valence-corrected chi connectivity index (χ2v) is 7.02. The normalized spacial score (nSPS) is 12.7. The number of ketones is 1. The Morgan fingerprint density at radius 1 is 1.38 bits per heavy atom. The van der Waals surface area contributed by atoms with Crippen LogP contribution in [0.4, 0.5) is 4.79 Å². The van der Waals surface area contributed by atoms with Gasteiger partial charge in [-0.25, -0.2) is 4.79 Å². The molecule has 1 aromatic rings. The van der Waals surface area contributed by atoms with Crippen molar-refractivity contribution in [2.75, 3.05) is 13.7 Å². The molecule has 0 aromatic heterocycles. The Morgan fingerprint density at radius 2 is 1.92 bits per heavy atom. The molecule has 134 valence electrons. The highest BCUT2D eigenvalue weighted by atomic mass is 35.5. The number of aliphatic hydroxyl groups excluding tert-OH is 1. The molecule has 0 bridgehead atoms. The molecule has 0 aliphatic rings. The fraction of sp³-hybridized carbons (Fsp3) is 0.529. The largest absolute Gasteiger partial charge is 0.496 e. The predicted octanol–water partition coefficient (Wildman–Crippen LogP) is 3.67. The Morgan fingerprint density at radius 3 is 2.29 bits per heavy atom. The van der Waals surface area contributed by atoms with Crippen molar-refractivity contribution in [3.8, 4) is 5.75 Å². The van der Waals surface area contributed by atoms with Crippen LogP contribution in [0.3, 0.4) is 0 Å². The van der Waals surface area contributed by atoms with Gasteiger partial charge in [-0.3, -0.25) is 4.79 Å². The van der Waals surface area contributed by atoms with Gasteiger partial charge in [0, 0.05) is 16.1 Å². The number of carbonyl (C=O) groups excluding carboxylic acids is 1. The molecule has 7 heteroatoms. The van der Waals surface area contributed by atoms with Crippen LogP contribution >= 0.6 is 11.6 Å². The molecule has 0 saturated heterocycles. The van der Waals surface area contributed by atoms with Crippen molar-refractivity contribution in [2.24, 2.45) is 0 Å². The summed E-state index contributed by atoms with van der Waals surface area (Å²) in [6.07, 6.45) is -2.33. The first kappa shape index (κ1) is 20.3. The van der Waals surface area contributed by atoms with E-state index in [-0.39, 0.29) is 23.6 Å². The van der Waals surface area contributed by atoms with Gasteiger partial charge in [-0.15, -0.1) is 0 Å². The van der Waals surface area contributed by atoms with E-state index >= 15 is 0 Å². The van der Waals surface area contributed by atoms with E-state index in [1.807, 2.05) is 0 Å². The minimum atomic E-state index is -1.19. The Bertz CT molecular complexity index is 651.